The third-order valence-electron chi connectivity index (χ3n) is 0.695. The zero-order valence-corrected chi connectivity index (χ0v) is 6.13. The van der Waals surface area contributed by atoms with Crippen molar-refractivity contribution in [2.45, 2.75) is 0 Å². The molecule has 1 rings (SSSR count). The molecule has 2 nitrogen and oxygen atoms in total. The van der Waals surface area contributed by atoms with Gasteiger partial charge in [-0.05, 0) is 6.07 Å². The minimum absolute atomic E-state index is 0.952. The first-order chi connectivity index (χ1) is 3.39. The van der Waals surface area contributed by atoms with Crippen LogP contribution in [0.2, 0.25) is 0 Å². The van der Waals surface area contributed by atoms with Gasteiger partial charge in [-0.2, -0.15) is 0 Å². The van der Waals surface area contributed by atoms with Crippen molar-refractivity contribution in [3.8, 4) is 0 Å². The lowest BCUT2D eigenvalue weighted by Crippen LogP contribution is -2.10. The van der Waals surface area contributed by atoms with Crippen molar-refractivity contribution in [1.29, 1.82) is 0 Å². The van der Waals surface area contributed by atoms with Crippen LogP contribution >= 0.6 is 0 Å². The summed E-state index contributed by atoms with van der Waals surface area (Å²) in [5.74, 6) is 0. The molecule has 36 valence electrons. The average Bonchev–Trinajstić information content (AvgIpc) is 1.69. The van der Waals surface area contributed by atoms with Crippen LogP contribution in [0, 0.1) is 0 Å². The first-order valence-electron chi connectivity index (χ1n) is 2.13. The number of nitrogens with zero attached hydrogens (tertiary/aromatic N) is 2. The van der Waals surface area contributed by atoms with Gasteiger partial charge in [-0.25, -0.2) is 9.97 Å². The van der Waals surface area contributed by atoms with E-state index in [1.807, 2.05) is 6.07 Å². The van der Waals surface area contributed by atoms with Crippen molar-refractivity contribution >= 4 is 15.7 Å². The number of aromatic nitrogens is 2. The standard InChI is InChI=1S/C4H6N2Si/c7-4-5-2-1-3-6-4/h1-3H,7H3. The molecule has 1 aromatic heterocycles. The zero-order valence-electron chi connectivity index (χ0n) is 4.13. The maximum Gasteiger partial charge on any atom is 0.0951 e. The van der Waals surface area contributed by atoms with E-state index in [0.717, 1.165) is 15.7 Å². The second-order valence-electron chi connectivity index (χ2n) is 1.30. The predicted molar refractivity (Wildman–Crippen MR) is 31.6 cm³/mol. The van der Waals surface area contributed by atoms with Crippen LogP contribution < -0.4 is 5.45 Å². The zero-order chi connectivity index (χ0) is 5.11. The predicted octanol–water partition coefficient (Wildman–Crippen LogP) is -1.53. The SMILES string of the molecule is [SiH3]c1ncccn1. The summed E-state index contributed by atoms with van der Waals surface area (Å²) in [6.07, 6.45) is 3.52. The Kier molecular flexibility index (Phi) is 1.17. The molecule has 0 aliphatic rings. The molecule has 7 heavy (non-hydrogen) atoms. The maximum atomic E-state index is 3.93. The lowest BCUT2D eigenvalue weighted by Gasteiger charge is -1.81. The molecule has 0 radical (unpaired) electrons. The van der Waals surface area contributed by atoms with Crippen LogP contribution in [0.1, 0.15) is 0 Å². The largest absolute Gasteiger partial charge is 0.248 e. The highest BCUT2D eigenvalue weighted by Gasteiger charge is 1.74. The van der Waals surface area contributed by atoms with Gasteiger partial charge in [0.2, 0.25) is 0 Å². The molecule has 1 heterocycles. The maximum absolute atomic E-state index is 3.93. The molecule has 1 aromatic rings. The smallest absolute Gasteiger partial charge is 0.0951 e. The van der Waals surface area contributed by atoms with Gasteiger partial charge in [0.25, 0.3) is 0 Å². The molecule has 0 aliphatic carbocycles. The Morgan fingerprint density at radius 1 is 1.29 bits per heavy atom. The van der Waals surface area contributed by atoms with Crippen LogP contribution in [-0.2, 0) is 0 Å². The van der Waals surface area contributed by atoms with E-state index in [2.05, 4.69) is 9.97 Å². The van der Waals surface area contributed by atoms with Gasteiger partial charge < -0.3 is 0 Å². The molecule has 0 saturated heterocycles. The van der Waals surface area contributed by atoms with Gasteiger partial charge in [-0.3, -0.25) is 0 Å². The van der Waals surface area contributed by atoms with Gasteiger partial charge >= 0.3 is 0 Å². The highest BCUT2D eigenvalue weighted by Crippen LogP contribution is 1.64. The number of hydrogen-bond donors (Lipinski definition) is 0. The number of rotatable bonds is 0. The third kappa shape index (κ3) is 1.08. The fourth-order valence-corrected chi connectivity index (χ4v) is 0.672. The summed E-state index contributed by atoms with van der Waals surface area (Å²) in [6.45, 7) is 0. The van der Waals surface area contributed by atoms with Crippen molar-refractivity contribution in [2.75, 3.05) is 0 Å². The fraction of sp³-hybridized carbons (Fsp3) is 0. The molecule has 0 fully saturated rings. The van der Waals surface area contributed by atoms with Gasteiger partial charge in [-0.1, -0.05) is 0 Å². The van der Waals surface area contributed by atoms with Crippen LogP contribution in [0.15, 0.2) is 18.5 Å². The third-order valence-corrected chi connectivity index (χ3v) is 1.21. The Bertz CT molecular complexity index is 140. The summed E-state index contributed by atoms with van der Waals surface area (Å²) in [4.78, 5) is 7.86. The quantitative estimate of drug-likeness (QED) is 0.379. The molecule has 0 spiro atoms. The fourth-order valence-electron chi connectivity index (χ4n) is 0.374. The molecular weight excluding hydrogens is 104 g/mol. The first-order valence-corrected chi connectivity index (χ1v) is 3.13. The molecular formula is C4H6N2Si. The van der Waals surface area contributed by atoms with Crippen molar-refractivity contribution in [3.63, 3.8) is 0 Å². The minimum atomic E-state index is 0.952. The first kappa shape index (κ1) is 4.46. The van der Waals surface area contributed by atoms with E-state index in [9.17, 15) is 0 Å². The van der Waals surface area contributed by atoms with Gasteiger partial charge in [0.1, 0.15) is 0 Å². The van der Waals surface area contributed by atoms with E-state index in [4.69, 9.17) is 0 Å². The Balaban J connectivity index is 3.02. The molecule has 0 bridgehead atoms. The summed E-state index contributed by atoms with van der Waals surface area (Å²) in [7, 11) is 0.952. The van der Waals surface area contributed by atoms with Crippen molar-refractivity contribution in [3.05, 3.63) is 18.5 Å². The van der Waals surface area contributed by atoms with E-state index in [1.54, 1.807) is 12.4 Å². The lowest BCUT2D eigenvalue weighted by atomic mass is 10.7. The lowest BCUT2D eigenvalue weighted by molar-refractivity contribution is 1.24. The second-order valence-corrected chi connectivity index (χ2v) is 2.19. The van der Waals surface area contributed by atoms with E-state index in [1.165, 1.54) is 0 Å². The monoisotopic (exact) mass is 110 g/mol. The minimum Gasteiger partial charge on any atom is -0.248 e. The van der Waals surface area contributed by atoms with Crippen molar-refractivity contribution < 1.29 is 0 Å². The second kappa shape index (κ2) is 1.84. The van der Waals surface area contributed by atoms with Crippen molar-refractivity contribution in [2.24, 2.45) is 0 Å². The Morgan fingerprint density at radius 2 is 1.86 bits per heavy atom. The highest BCUT2D eigenvalue weighted by atomic mass is 28.1. The Hall–Kier alpha value is -0.703. The normalized spacial score (nSPS) is 9.14. The highest BCUT2D eigenvalue weighted by molar-refractivity contribution is 6.28. The molecule has 0 unspecified atom stereocenters. The van der Waals surface area contributed by atoms with Crippen molar-refractivity contribution in [1.82, 2.24) is 9.97 Å². The molecule has 0 N–H and O–H groups in total. The number of hydrogen-bond acceptors (Lipinski definition) is 2. The van der Waals surface area contributed by atoms with Gasteiger partial charge in [-0.15, -0.1) is 0 Å². The molecule has 0 atom stereocenters. The topological polar surface area (TPSA) is 25.8 Å². The van der Waals surface area contributed by atoms with Crippen LogP contribution in [-0.4, -0.2) is 20.2 Å². The van der Waals surface area contributed by atoms with Gasteiger partial charge in [0.15, 0.2) is 0 Å². The summed E-state index contributed by atoms with van der Waals surface area (Å²) in [5.41, 5.74) is 0.961. The molecule has 0 amide bonds. The van der Waals surface area contributed by atoms with E-state index < -0.39 is 0 Å². The summed E-state index contributed by atoms with van der Waals surface area (Å²) < 4.78 is 0. The molecule has 0 aromatic carbocycles. The molecule has 3 heteroatoms. The average molecular weight is 110 g/mol. The van der Waals surface area contributed by atoms with Gasteiger partial charge in [0, 0.05) is 12.4 Å². The van der Waals surface area contributed by atoms with Crippen LogP contribution in [0.3, 0.4) is 0 Å². The van der Waals surface area contributed by atoms with Crippen LogP contribution in [0.25, 0.3) is 0 Å². The summed E-state index contributed by atoms with van der Waals surface area (Å²) in [5, 5.41) is 0. The van der Waals surface area contributed by atoms with Gasteiger partial charge in [0.05, 0.1) is 15.7 Å². The molecule has 0 aliphatic heterocycles. The van der Waals surface area contributed by atoms with E-state index >= 15 is 0 Å². The summed E-state index contributed by atoms with van der Waals surface area (Å²) >= 11 is 0. The Labute approximate surface area is 45.0 Å². The summed E-state index contributed by atoms with van der Waals surface area (Å²) in [6, 6.07) is 1.82. The van der Waals surface area contributed by atoms with E-state index in [0.29, 0.717) is 0 Å². The van der Waals surface area contributed by atoms with Crippen LogP contribution in [0.5, 0.6) is 0 Å². The Morgan fingerprint density at radius 3 is 2.14 bits per heavy atom. The van der Waals surface area contributed by atoms with Crippen LogP contribution in [0.4, 0.5) is 0 Å². The molecule has 0 saturated carbocycles. The van der Waals surface area contributed by atoms with E-state index in [-0.39, 0.29) is 0 Å².